The molecule has 15 heavy (non-hydrogen) atoms. The Morgan fingerprint density at radius 3 is 2.73 bits per heavy atom. The van der Waals surface area contributed by atoms with Crippen molar-refractivity contribution < 1.29 is 19.4 Å². The average molecular weight is 213 g/mol. The summed E-state index contributed by atoms with van der Waals surface area (Å²) in [6, 6.07) is -0.613. The molecule has 2 fully saturated rings. The van der Waals surface area contributed by atoms with Gasteiger partial charge in [0, 0.05) is 13.2 Å². The summed E-state index contributed by atoms with van der Waals surface area (Å²) >= 11 is 0. The van der Waals surface area contributed by atoms with Crippen molar-refractivity contribution in [3.63, 3.8) is 0 Å². The molecule has 1 N–H and O–H groups in total. The number of amides is 1. The van der Waals surface area contributed by atoms with Crippen LogP contribution in [0.5, 0.6) is 0 Å². The van der Waals surface area contributed by atoms with Gasteiger partial charge in [0.05, 0.1) is 12.5 Å². The highest BCUT2D eigenvalue weighted by molar-refractivity contribution is 5.85. The molecule has 2 rings (SSSR count). The highest BCUT2D eigenvalue weighted by Crippen LogP contribution is 2.23. The molecule has 2 atom stereocenters. The highest BCUT2D eigenvalue weighted by Gasteiger charge is 2.37. The summed E-state index contributed by atoms with van der Waals surface area (Å²) in [6.45, 7) is 1.63. The Morgan fingerprint density at radius 1 is 1.33 bits per heavy atom. The minimum Gasteiger partial charge on any atom is -0.480 e. The van der Waals surface area contributed by atoms with Crippen LogP contribution in [0.25, 0.3) is 0 Å². The van der Waals surface area contributed by atoms with Crippen LogP contribution in [-0.4, -0.2) is 47.7 Å². The van der Waals surface area contributed by atoms with E-state index in [1.54, 1.807) is 0 Å². The second kappa shape index (κ2) is 4.18. The summed E-state index contributed by atoms with van der Waals surface area (Å²) in [4.78, 5) is 24.4. The van der Waals surface area contributed by atoms with Gasteiger partial charge in [-0.05, 0) is 19.3 Å². The highest BCUT2D eigenvalue weighted by atomic mass is 16.5. The van der Waals surface area contributed by atoms with Gasteiger partial charge in [0.25, 0.3) is 0 Å². The van der Waals surface area contributed by atoms with Crippen LogP contribution >= 0.6 is 0 Å². The predicted molar refractivity (Wildman–Crippen MR) is 51.3 cm³/mol. The molecule has 0 aromatic carbocycles. The van der Waals surface area contributed by atoms with Crippen LogP contribution in [0.15, 0.2) is 0 Å². The summed E-state index contributed by atoms with van der Waals surface area (Å²) in [5.74, 6) is -1.05. The molecule has 0 spiro atoms. The van der Waals surface area contributed by atoms with E-state index in [0.717, 1.165) is 12.8 Å². The molecule has 5 heteroatoms. The van der Waals surface area contributed by atoms with Crippen LogP contribution in [0.1, 0.15) is 19.3 Å². The summed E-state index contributed by atoms with van der Waals surface area (Å²) in [5, 5.41) is 8.95. The van der Waals surface area contributed by atoms with Gasteiger partial charge in [0.15, 0.2) is 0 Å². The van der Waals surface area contributed by atoms with Gasteiger partial charge in [-0.15, -0.1) is 0 Å². The fourth-order valence-electron chi connectivity index (χ4n) is 2.25. The number of likely N-dealkylation sites (tertiary alicyclic amines) is 1. The van der Waals surface area contributed by atoms with Crippen LogP contribution in [0.2, 0.25) is 0 Å². The first kappa shape index (κ1) is 10.4. The van der Waals surface area contributed by atoms with E-state index in [-0.39, 0.29) is 11.8 Å². The predicted octanol–water partition coefficient (Wildman–Crippen LogP) is 0.0985. The zero-order valence-corrected chi connectivity index (χ0v) is 8.52. The Morgan fingerprint density at radius 2 is 2.13 bits per heavy atom. The van der Waals surface area contributed by atoms with Crippen molar-refractivity contribution in [2.24, 2.45) is 5.92 Å². The first-order chi connectivity index (χ1) is 7.20. The third-order valence-corrected chi connectivity index (χ3v) is 3.10. The Balaban J connectivity index is 2.02. The quantitative estimate of drug-likeness (QED) is 0.706. The maximum atomic E-state index is 11.9. The van der Waals surface area contributed by atoms with E-state index in [1.165, 1.54) is 4.90 Å². The van der Waals surface area contributed by atoms with Gasteiger partial charge < -0.3 is 14.7 Å². The monoisotopic (exact) mass is 213 g/mol. The van der Waals surface area contributed by atoms with Crippen LogP contribution in [0.3, 0.4) is 0 Å². The summed E-state index contributed by atoms with van der Waals surface area (Å²) < 4.78 is 5.14. The van der Waals surface area contributed by atoms with Crippen LogP contribution in [0, 0.1) is 5.92 Å². The molecule has 0 bridgehead atoms. The normalized spacial score (nSPS) is 30.8. The fraction of sp³-hybridized carbons (Fsp3) is 0.800. The Bertz CT molecular complexity index is 273. The maximum Gasteiger partial charge on any atom is 0.326 e. The number of nitrogens with zero attached hydrogens (tertiary/aromatic N) is 1. The number of carbonyl (C=O) groups is 2. The summed E-state index contributed by atoms with van der Waals surface area (Å²) in [6.07, 6.45) is 2.09. The van der Waals surface area contributed by atoms with Crippen molar-refractivity contribution in [2.75, 3.05) is 19.8 Å². The zero-order valence-electron chi connectivity index (χ0n) is 8.52. The lowest BCUT2D eigenvalue weighted by Crippen LogP contribution is -2.43. The molecule has 2 heterocycles. The smallest absolute Gasteiger partial charge is 0.326 e. The van der Waals surface area contributed by atoms with Crippen molar-refractivity contribution in [1.82, 2.24) is 4.90 Å². The Kier molecular flexibility index (Phi) is 2.90. The van der Waals surface area contributed by atoms with E-state index in [2.05, 4.69) is 0 Å². The van der Waals surface area contributed by atoms with Crippen LogP contribution in [0.4, 0.5) is 0 Å². The van der Waals surface area contributed by atoms with Crippen molar-refractivity contribution in [2.45, 2.75) is 25.3 Å². The molecule has 0 aromatic rings. The van der Waals surface area contributed by atoms with Crippen LogP contribution < -0.4 is 0 Å². The second-order valence-corrected chi connectivity index (χ2v) is 4.09. The van der Waals surface area contributed by atoms with E-state index >= 15 is 0 Å². The van der Waals surface area contributed by atoms with Crippen molar-refractivity contribution in [1.29, 1.82) is 0 Å². The first-order valence-corrected chi connectivity index (χ1v) is 5.31. The van der Waals surface area contributed by atoms with E-state index in [1.807, 2.05) is 0 Å². The molecule has 0 radical (unpaired) electrons. The number of hydrogen-bond donors (Lipinski definition) is 1. The lowest BCUT2D eigenvalue weighted by Gasteiger charge is -2.23. The molecule has 1 amide bonds. The van der Waals surface area contributed by atoms with Gasteiger partial charge in [0.2, 0.25) is 5.91 Å². The maximum absolute atomic E-state index is 11.9. The Hall–Kier alpha value is -1.10. The standard InChI is InChI=1S/C10H15NO4/c12-9(7-3-5-15-6-7)11-4-1-2-8(11)10(13)14/h7-8H,1-6H2,(H,13,14)/t7?,8-/m0/s1. The molecule has 2 aliphatic rings. The number of hydrogen-bond acceptors (Lipinski definition) is 3. The number of aliphatic carboxylic acids is 1. The molecular weight excluding hydrogens is 198 g/mol. The average Bonchev–Trinajstić information content (AvgIpc) is 2.88. The molecule has 84 valence electrons. The summed E-state index contributed by atoms with van der Waals surface area (Å²) in [7, 11) is 0. The van der Waals surface area contributed by atoms with Gasteiger partial charge in [-0.3, -0.25) is 4.79 Å². The fourth-order valence-corrected chi connectivity index (χ4v) is 2.25. The van der Waals surface area contributed by atoms with Crippen LogP contribution in [-0.2, 0) is 14.3 Å². The summed E-state index contributed by atoms with van der Waals surface area (Å²) in [5.41, 5.74) is 0. The van der Waals surface area contributed by atoms with Crippen molar-refractivity contribution in [3.05, 3.63) is 0 Å². The van der Waals surface area contributed by atoms with Gasteiger partial charge in [-0.2, -0.15) is 0 Å². The SMILES string of the molecule is O=C(O)[C@@H]1CCCN1C(=O)C1CCOC1. The number of carboxylic acid groups (broad SMARTS) is 1. The minimum atomic E-state index is -0.889. The number of carbonyl (C=O) groups excluding carboxylic acids is 1. The largest absolute Gasteiger partial charge is 0.480 e. The molecule has 2 aliphatic heterocycles. The number of rotatable bonds is 2. The third-order valence-electron chi connectivity index (χ3n) is 3.10. The molecule has 0 aromatic heterocycles. The third kappa shape index (κ3) is 1.97. The van der Waals surface area contributed by atoms with E-state index in [9.17, 15) is 9.59 Å². The van der Waals surface area contributed by atoms with E-state index in [4.69, 9.17) is 9.84 Å². The number of ether oxygens (including phenoxy) is 1. The zero-order chi connectivity index (χ0) is 10.8. The second-order valence-electron chi connectivity index (χ2n) is 4.09. The minimum absolute atomic E-state index is 0.0441. The van der Waals surface area contributed by atoms with E-state index in [0.29, 0.717) is 26.2 Å². The van der Waals surface area contributed by atoms with Gasteiger partial charge >= 0.3 is 5.97 Å². The molecule has 2 saturated heterocycles. The van der Waals surface area contributed by atoms with Gasteiger partial charge in [-0.25, -0.2) is 4.79 Å². The molecule has 0 saturated carbocycles. The first-order valence-electron chi connectivity index (χ1n) is 5.31. The molecule has 1 unspecified atom stereocenters. The number of carboxylic acids is 1. The van der Waals surface area contributed by atoms with Gasteiger partial charge in [-0.1, -0.05) is 0 Å². The molecule has 0 aliphatic carbocycles. The Labute approximate surface area is 88.0 Å². The molecular formula is C10H15NO4. The van der Waals surface area contributed by atoms with Crippen molar-refractivity contribution >= 4 is 11.9 Å². The topological polar surface area (TPSA) is 66.8 Å². The van der Waals surface area contributed by atoms with E-state index < -0.39 is 12.0 Å². The lowest BCUT2D eigenvalue weighted by atomic mass is 10.1. The van der Waals surface area contributed by atoms with Crippen molar-refractivity contribution in [3.8, 4) is 0 Å². The lowest BCUT2D eigenvalue weighted by molar-refractivity contribution is -0.149. The molecule has 5 nitrogen and oxygen atoms in total. The van der Waals surface area contributed by atoms with Gasteiger partial charge in [0.1, 0.15) is 6.04 Å².